The first-order chi connectivity index (χ1) is 13.1. The summed E-state index contributed by atoms with van der Waals surface area (Å²) >= 11 is 7.74. The van der Waals surface area contributed by atoms with Gasteiger partial charge in [0.05, 0.1) is 9.90 Å². The molecule has 3 aromatic heterocycles. The standard InChI is InChI=1S/C20H21ClN4OS/c1-23-7-6-22-19(23)16-3-4-17-14-8-13(10-25(17)20(16)26)9-24(11-14)12-15-2-5-18(21)27-15/h2-7,13-14H,8-12H2,1H3/t13-,14+/m0/s1. The summed E-state index contributed by atoms with van der Waals surface area (Å²) < 4.78 is 4.75. The van der Waals surface area contributed by atoms with Crippen molar-refractivity contribution in [1.82, 2.24) is 19.0 Å². The number of fused-ring (bicyclic) bond motifs is 4. The van der Waals surface area contributed by atoms with Crippen LogP contribution in [0.2, 0.25) is 4.34 Å². The van der Waals surface area contributed by atoms with Crippen LogP contribution >= 0.6 is 22.9 Å². The highest BCUT2D eigenvalue weighted by molar-refractivity contribution is 7.16. The summed E-state index contributed by atoms with van der Waals surface area (Å²) in [6.07, 6.45) is 4.79. The van der Waals surface area contributed by atoms with Gasteiger partial charge < -0.3 is 9.13 Å². The van der Waals surface area contributed by atoms with Gasteiger partial charge in [-0.05, 0) is 36.6 Å². The van der Waals surface area contributed by atoms with Crippen molar-refractivity contribution in [2.24, 2.45) is 13.0 Å². The van der Waals surface area contributed by atoms with Gasteiger partial charge >= 0.3 is 0 Å². The largest absolute Gasteiger partial charge is 0.334 e. The lowest BCUT2D eigenvalue weighted by Gasteiger charge is -2.42. The number of piperidine rings is 1. The van der Waals surface area contributed by atoms with Crippen LogP contribution in [0.25, 0.3) is 11.4 Å². The Balaban J connectivity index is 1.45. The molecule has 2 bridgehead atoms. The Labute approximate surface area is 166 Å². The molecule has 5 nitrogen and oxygen atoms in total. The molecular weight excluding hydrogens is 380 g/mol. The maximum absolute atomic E-state index is 13.2. The van der Waals surface area contributed by atoms with Gasteiger partial charge in [0.15, 0.2) is 0 Å². The smallest absolute Gasteiger partial charge is 0.261 e. The molecule has 3 aromatic rings. The Kier molecular flexibility index (Phi) is 4.22. The average molecular weight is 401 g/mol. The van der Waals surface area contributed by atoms with E-state index in [1.165, 1.54) is 17.0 Å². The number of pyridine rings is 1. The summed E-state index contributed by atoms with van der Waals surface area (Å²) in [6, 6.07) is 8.18. The second-order valence-electron chi connectivity index (χ2n) is 7.65. The summed E-state index contributed by atoms with van der Waals surface area (Å²) in [6.45, 7) is 3.77. The Bertz CT molecular complexity index is 1050. The first kappa shape index (κ1) is 17.2. The number of hydrogen-bond donors (Lipinski definition) is 0. The third-order valence-corrected chi connectivity index (χ3v) is 6.97. The third-order valence-electron chi connectivity index (χ3n) is 5.75. The van der Waals surface area contributed by atoms with E-state index in [0.717, 1.165) is 36.3 Å². The van der Waals surface area contributed by atoms with Gasteiger partial charge in [0, 0.05) is 62.1 Å². The van der Waals surface area contributed by atoms with E-state index in [1.54, 1.807) is 17.5 Å². The van der Waals surface area contributed by atoms with E-state index in [1.807, 2.05) is 34.5 Å². The molecule has 0 saturated carbocycles. The minimum atomic E-state index is 0.0926. The van der Waals surface area contributed by atoms with Crippen molar-refractivity contribution in [3.8, 4) is 11.4 Å². The average Bonchev–Trinajstić information content (AvgIpc) is 3.24. The van der Waals surface area contributed by atoms with Gasteiger partial charge in [-0.15, -0.1) is 11.3 Å². The highest BCUT2D eigenvalue weighted by atomic mass is 35.5. The molecule has 7 heteroatoms. The molecular formula is C20H21ClN4OS. The molecule has 5 heterocycles. The SMILES string of the molecule is Cn1ccnc1-c1ccc2n(c1=O)C[C@H]1C[C@@H]2CN(Cc2ccc(Cl)s2)C1. The Hall–Kier alpha value is -1.89. The predicted octanol–water partition coefficient (Wildman–Crippen LogP) is 3.58. The summed E-state index contributed by atoms with van der Waals surface area (Å²) in [5.41, 5.74) is 1.95. The van der Waals surface area contributed by atoms with Crippen molar-refractivity contribution in [1.29, 1.82) is 0 Å². The van der Waals surface area contributed by atoms with Crippen LogP contribution in [-0.4, -0.2) is 32.1 Å². The highest BCUT2D eigenvalue weighted by Crippen LogP contribution is 2.36. The Morgan fingerprint density at radius 3 is 2.85 bits per heavy atom. The number of thiophene rings is 1. The highest BCUT2D eigenvalue weighted by Gasteiger charge is 2.35. The lowest BCUT2D eigenvalue weighted by molar-refractivity contribution is 0.115. The van der Waals surface area contributed by atoms with Crippen molar-refractivity contribution in [3.63, 3.8) is 0 Å². The minimum absolute atomic E-state index is 0.0926. The first-order valence-corrected chi connectivity index (χ1v) is 10.5. The molecule has 2 atom stereocenters. The summed E-state index contributed by atoms with van der Waals surface area (Å²) in [5.74, 6) is 1.67. The fourth-order valence-corrected chi connectivity index (χ4v) is 5.76. The zero-order valence-electron chi connectivity index (χ0n) is 15.1. The molecule has 0 aromatic carbocycles. The number of halogens is 1. The van der Waals surface area contributed by atoms with Gasteiger partial charge in [0.25, 0.3) is 5.56 Å². The van der Waals surface area contributed by atoms with Crippen molar-refractivity contribution in [2.75, 3.05) is 13.1 Å². The van der Waals surface area contributed by atoms with E-state index in [-0.39, 0.29) is 5.56 Å². The molecule has 0 aliphatic carbocycles. The lowest BCUT2D eigenvalue weighted by Crippen LogP contribution is -2.46. The normalized spacial score (nSPS) is 22.0. The zero-order chi connectivity index (χ0) is 18.5. The van der Waals surface area contributed by atoms with Crippen molar-refractivity contribution >= 4 is 22.9 Å². The summed E-state index contributed by atoms with van der Waals surface area (Å²) in [5, 5.41) is 0. The van der Waals surface area contributed by atoms with E-state index in [0.29, 0.717) is 17.4 Å². The molecule has 2 aliphatic rings. The quantitative estimate of drug-likeness (QED) is 0.674. The Morgan fingerprint density at radius 2 is 2.11 bits per heavy atom. The van der Waals surface area contributed by atoms with Crippen LogP contribution in [0, 0.1) is 5.92 Å². The number of imidazole rings is 1. The third kappa shape index (κ3) is 3.06. The van der Waals surface area contributed by atoms with E-state index in [2.05, 4.69) is 22.0 Å². The maximum atomic E-state index is 13.2. The van der Waals surface area contributed by atoms with E-state index in [4.69, 9.17) is 11.6 Å². The van der Waals surface area contributed by atoms with Crippen LogP contribution in [0.1, 0.15) is 22.9 Å². The van der Waals surface area contributed by atoms with Crippen LogP contribution in [0.3, 0.4) is 0 Å². The molecule has 27 heavy (non-hydrogen) atoms. The number of aromatic nitrogens is 3. The van der Waals surface area contributed by atoms with Gasteiger partial charge in [0.2, 0.25) is 0 Å². The molecule has 0 spiro atoms. The molecule has 0 amide bonds. The van der Waals surface area contributed by atoms with Crippen molar-refractivity contribution in [3.05, 3.63) is 61.9 Å². The van der Waals surface area contributed by atoms with Crippen molar-refractivity contribution in [2.45, 2.75) is 25.4 Å². The minimum Gasteiger partial charge on any atom is -0.334 e. The molecule has 1 fully saturated rings. The zero-order valence-corrected chi connectivity index (χ0v) is 16.7. The molecule has 0 N–H and O–H groups in total. The van der Waals surface area contributed by atoms with Gasteiger partial charge in [-0.1, -0.05) is 11.6 Å². The molecule has 0 radical (unpaired) electrons. The monoisotopic (exact) mass is 400 g/mol. The number of likely N-dealkylation sites (tertiary alicyclic amines) is 1. The second-order valence-corrected chi connectivity index (χ2v) is 9.45. The first-order valence-electron chi connectivity index (χ1n) is 9.26. The van der Waals surface area contributed by atoms with Gasteiger partial charge in [-0.3, -0.25) is 9.69 Å². The van der Waals surface area contributed by atoms with E-state index in [9.17, 15) is 4.79 Å². The van der Waals surface area contributed by atoms with Gasteiger partial charge in [-0.25, -0.2) is 4.98 Å². The summed E-state index contributed by atoms with van der Waals surface area (Å²) in [4.78, 5) is 21.3. The number of rotatable bonds is 3. The van der Waals surface area contributed by atoms with Crippen LogP contribution in [0.5, 0.6) is 0 Å². The predicted molar refractivity (Wildman–Crippen MR) is 108 cm³/mol. The number of nitrogens with zero attached hydrogens (tertiary/aromatic N) is 4. The van der Waals surface area contributed by atoms with Crippen LogP contribution in [0.4, 0.5) is 0 Å². The number of aryl methyl sites for hydroxylation is 1. The molecule has 1 saturated heterocycles. The summed E-state index contributed by atoms with van der Waals surface area (Å²) in [7, 11) is 1.93. The fraction of sp³-hybridized carbons (Fsp3) is 0.400. The van der Waals surface area contributed by atoms with E-state index >= 15 is 0 Å². The van der Waals surface area contributed by atoms with Gasteiger partial charge in [-0.2, -0.15) is 0 Å². The van der Waals surface area contributed by atoms with Crippen LogP contribution < -0.4 is 5.56 Å². The maximum Gasteiger partial charge on any atom is 0.261 e. The van der Waals surface area contributed by atoms with Crippen LogP contribution in [0.15, 0.2) is 41.5 Å². The van der Waals surface area contributed by atoms with Crippen LogP contribution in [-0.2, 0) is 20.1 Å². The molecule has 140 valence electrons. The molecule has 2 aliphatic heterocycles. The second kappa shape index (κ2) is 6.62. The molecule has 0 unspecified atom stereocenters. The fourth-order valence-electron chi connectivity index (χ4n) is 4.63. The Morgan fingerprint density at radius 1 is 1.22 bits per heavy atom. The van der Waals surface area contributed by atoms with E-state index < -0.39 is 0 Å². The molecule has 5 rings (SSSR count). The number of hydrogen-bond acceptors (Lipinski definition) is 4. The topological polar surface area (TPSA) is 43.1 Å². The lowest BCUT2D eigenvalue weighted by atomic mass is 9.83. The van der Waals surface area contributed by atoms with Crippen molar-refractivity contribution < 1.29 is 0 Å². The van der Waals surface area contributed by atoms with Gasteiger partial charge in [0.1, 0.15) is 5.82 Å².